The monoisotopic (exact) mass is 368 g/mol. The van der Waals surface area contributed by atoms with E-state index < -0.39 is 5.97 Å². The van der Waals surface area contributed by atoms with Gasteiger partial charge in [-0.25, -0.2) is 0 Å². The average Bonchev–Trinajstić information content (AvgIpc) is 2.52. The van der Waals surface area contributed by atoms with Gasteiger partial charge in [0.15, 0.2) is 0 Å². The second-order valence-electron chi connectivity index (χ2n) is 9.75. The normalized spacial score (nSPS) is 13.1. The summed E-state index contributed by atoms with van der Waals surface area (Å²) < 4.78 is 0. The van der Waals surface area contributed by atoms with E-state index in [1.54, 1.807) is 0 Å². The number of carboxylic acids is 1. The first-order chi connectivity index (χ1) is 12.3. The fourth-order valence-corrected chi connectivity index (χ4v) is 3.67. The van der Waals surface area contributed by atoms with E-state index >= 15 is 0 Å². The number of rotatable bonds is 18. The SMILES string of the molecule is C[C@@H](CCCCCCCCCCCCCCCCC(C)(C)C)CC(=O)O. The summed E-state index contributed by atoms with van der Waals surface area (Å²) in [5.41, 5.74) is 0.513. The maximum absolute atomic E-state index is 10.6. The molecule has 2 nitrogen and oxygen atoms in total. The molecule has 1 atom stereocenters. The fourth-order valence-electron chi connectivity index (χ4n) is 3.67. The van der Waals surface area contributed by atoms with Gasteiger partial charge in [0.1, 0.15) is 0 Å². The molecule has 0 spiro atoms. The highest BCUT2D eigenvalue weighted by Gasteiger charge is 2.08. The highest BCUT2D eigenvalue weighted by molar-refractivity contribution is 5.66. The molecule has 0 radical (unpaired) electrons. The van der Waals surface area contributed by atoms with Crippen LogP contribution in [0.2, 0.25) is 0 Å². The van der Waals surface area contributed by atoms with Gasteiger partial charge in [-0.3, -0.25) is 4.79 Å². The van der Waals surface area contributed by atoms with Crippen LogP contribution in [0.25, 0.3) is 0 Å². The Morgan fingerprint density at radius 3 is 1.38 bits per heavy atom. The van der Waals surface area contributed by atoms with E-state index in [9.17, 15) is 4.79 Å². The Hall–Kier alpha value is -0.530. The summed E-state index contributed by atoms with van der Waals surface area (Å²) in [6, 6.07) is 0. The number of hydrogen-bond acceptors (Lipinski definition) is 1. The van der Waals surface area contributed by atoms with Crippen molar-refractivity contribution in [2.24, 2.45) is 11.3 Å². The molecule has 0 bridgehead atoms. The van der Waals surface area contributed by atoms with Crippen LogP contribution in [0.4, 0.5) is 0 Å². The van der Waals surface area contributed by atoms with Crippen LogP contribution in [0.3, 0.4) is 0 Å². The molecule has 0 rings (SSSR count). The van der Waals surface area contributed by atoms with Crippen molar-refractivity contribution in [2.45, 2.75) is 137 Å². The zero-order valence-corrected chi connectivity index (χ0v) is 18.5. The quantitative estimate of drug-likeness (QED) is 0.247. The molecular weight excluding hydrogens is 320 g/mol. The third kappa shape index (κ3) is 21.5. The number of aliphatic carboxylic acids is 1. The Labute approximate surface area is 164 Å². The van der Waals surface area contributed by atoms with Crippen LogP contribution in [0.1, 0.15) is 137 Å². The Morgan fingerprint density at radius 2 is 1.04 bits per heavy atom. The van der Waals surface area contributed by atoms with Crippen molar-refractivity contribution in [1.29, 1.82) is 0 Å². The van der Waals surface area contributed by atoms with Crippen LogP contribution in [-0.2, 0) is 4.79 Å². The van der Waals surface area contributed by atoms with Crippen LogP contribution in [0, 0.1) is 11.3 Å². The van der Waals surface area contributed by atoms with Crippen LogP contribution in [0.5, 0.6) is 0 Å². The number of carbonyl (C=O) groups is 1. The predicted octanol–water partition coefficient (Wildman–Crippen LogP) is 8.38. The smallest absolute Gasteiger partial charge is 0.303 e. The Morgan fingerprint density at radius 1 is 0.692 bits per heavy atom. The summed E-state index contributed by atoms with van der Waals surface area (Å²) in [6.07, 6.45) is 22.1. The number of hydrogen-bond donors (Lipinski definition) is 1. The first-order valence-corrected chi connectivity index (χ1v) is 11.5. The van der Waals surface area contributed by atoms with Gasteiger partial charge in [0.2, 0.25) is 0 Å². The predicted molar refractivity (Wildman–Crippen MR) is 115 cm³/mol. The average molecular weight is 369 g/mol. The molecule has 156 valence electrons. The third-order valence-electron chi connectivity index (χ3n) is 5.40. The van der Waals surface area contributed by atoms with Crippen molar-refractivity contribution in [3.05, 3.63) is 0 Å². The summed E-state index contributed by atoms with van der Waals surface area (Å²) in [5.74, 6) is -0.316. The second kappa shape index (κ2) is 16.6. The largest absolute Gasteiger partial charge is 0.481 e. The van der Waals surface area contributed by atoms with E-state index in [2.05, 4.69) is 27.7 Å². The molecule has 0 saturated carbocycles. The zero-order valence-electron chi connectivity index (χ0n) is 18.5. The summed E-state index contributed by atoms with van der Waals surface area (Å²) >= 11 is 0. The summed E-state index contributed by atoms with van der Waals surface area (Å²) in [5, 5.41) is 8.74. The van der Waals surface area contributed by atoms with Crippen molar-refractivity contribution in [3.8, 4) is 0 Å². The topological polar surface area (TPSA) is 37.3 Å². The molecule has 0 aromatic carbocycles. The summed E-state index contributed by atoms with van der Waals surface area (Å²) in [4.78, 5) is 10.6. The lowest BCUT2D eigenvalue weighted by Gasteiger charge is -2.17. The molecule has 0 saturated heterocycles. The van der Waals surface area contributed by atoms with Crippen LogP contribution in [-0.4, -0.2) is 11.1 Å². The maximum atomic E-state index is 10.6. The molecule has 2 heteroatoms. The summed E-state index contributed by atoms with van der Waals surface area (Å²) in [6.45, 7) is 9.09. The van der Waals surface area contributed by atoms with Crippen molar-refractivity contribution in [2.75, 3.05) is 0 Å². The molecule has 0 fully saturated rings. The zero-order chi connectivity index (χ0) is 19.7. The van der Waals surface area contributed by atoms with Crippen molar-refractivity contribution in [3.63, 3.8) is 0 Å². The molecule has 0 aromatic heterocycles. The van der Waals surface area contributed by atoms with E-state index in [1.165, 1.54) is 96.3 Å². The van der Waals surface area contributed by atoms with Gasteiger partial charge in [-0.05, 0) is 17.8 Å². The van der Waals surface area contributed by atoms with Gasteiger partial charge in [0, 0.05) is 6.42 Å². The highest BCUT2D eigenvalue weighted by atomic mass is 16.4. The first kappa shape index (κ1) is 25.5. The van der Waals surface area contributed by atoms with E-state index in [0.717, 1.165) is 6.42 Å². The van der Waals surface area contributed by atoms with E-state index in [4.69, 9.17) is 5.11 Å². The number of unbranched alkanes of at least 4 members (excludes halogenated alkanes) is 13. The molecule has 0 aliphatic rings. The minimum absolute atomic E-state index is 0.330. The third-order valence-corrected chi connectivity index (χ3v) is 5.40. The fraction of sp³-hybridized carbons (Fsp3) is 0.958. The number of carboxylic acid groups (broad SMARTS) is 1. The standard InChI is InChI=1S/C24H48O2/c1-22(21-23(25)26)19-17-15-13-11-9-7-5-6-8-10-12-14-16-18-20-24(2,3)4/h22H,5-21H2,1-4H3,(H,25,26)/t22-/m0/s1. The van der Waals surface area contributed by atoms with E-state index in [1.807, 2.05) is 0 Å². The van der Waals surface area contributed by atoms with E-state index in [-0.39, 0.29) is 0 Å². The summed E-state index contributed by atoms with van der Waals surface area (Å²) in [7, 11) is 0. The molecule has 1 N–H and O–H groups in total. The minimum Gasteiger partial charge on any atom is -0.481 e. The van der Waals surface area contributed by atoms with Crippen molar-refractivity contribution in [1.82, 2.24) is 0 Å². The van der Waals surface area contributed by atoms with E-state index in [0.29, 0.717) is 17.8 Å². The van der Waals surface area contributed by atoms with Gasteiger partial charge in [-0.2, -0.15) is 0 Å². The Bertz CT molecular complexity index is 317. The molecule has 0 aromatic rings. The van der Waals surface area contributed by atoms with Gasteiger partial charge in [-0.15, -0.1) is 0 Å². The van der Waals surface area contributed by atoms with Gasteiger partial charge in [0.25, 0.3) is 0 Å². The second-order valence-corrected chi connectivity index (χ2v) is 9.75. The Balaban J connectivity index is 3.12. The van der Waals surface area contributed by atoms with Crippen LogP contribution in [0.15, 0.2) is 0 Å². The van der Waals surface area contributed by atoms with Gasteiger partial charge in [-0.1, -0.05) is 124 Å². The lowest BCUT2D eigenvalue weighted by molar-refractivity contribution is -0.138. The molecule has 0 amide bonds. The molecule has 26 heavy (non-hydrogen) atoms. The molecule has 0 aliphatic carbocycles. The maximum Gasteiger partial charge on any atom is 0.303 e. The van der Waals surface area contributed by atoms with Crippen molar-refractivity contribution < 1.29 is 9.90 Å². The van der Waals surface area contributed by atoms with Crippen LogP contribution >= 0.6 is 0 Å². The van der Waals surface area contributed by atoms with Crippen molar-refractivity contribution >= 4 is 5.97 Å². The molecule has 0 heterocycles. The van der Waals surface area contributed by atoms with Gasteiger partial charge < -0.3 is 5.11 Å². The Kier molecular flexibility index (Phi) is 16.3. The molecule has 0 aliphatic heterocycles. The van der Waals surface area contributed by atoms with Gasteiger partial charge >= 0.3 is 5.97 Å². The first-order valence-electron chi connectivity index (χ1n) is 11.5. The van der Waals surface area contributed by atoms with Gasteiger partial charge in [0.05, 0.1) is 0 Å². The molecular formula is C24H48O2. The molecule has 0 unspecified atom stereocenters. The lowest BCUT2D eigenvalue weighted by Crippen LogP contribution is -2.03. The highest BCUT2D eigenvalue weighted by Crippen LogP contribution is 2.22. The lowest BCUT2D eigenvalue weighted by atomic mass is 9.89. The van der Waals surface area contributed by atoms with Crippen LogP contribution < -0.4 is 0 Å². The minimum atomic E-state index is -0.655.